The summed E-state index contributed by atoms with van der Waals surface area (Å²) in [7, 11) is 1.42. The van der Waals surface area contributed by atoms with Crippen molar-refractivity contribution >= 4 is 11.8 Å². The molecular weight excluding hydrogens is 434 g/mol. The van der Waals surface area contributed by atoms with E-state index in [9.17, 15) is 19.8 Å². The molecule has 7 heteroatoms. The van der Waals surface area contributed by atoms with Crippen LogP contribution in [0.2, 0.25) is 0 Å². The zero-order chi connectivity index (χ0) is 25.0. The highest BCUT2D eigenvalue weighted by atomic mass is 16.5. The second kappa shape index (κ2) is 9.95. The van der Waals surface area contributed by atoms with Crippen LogP contribution in [0, 0.1) is 12.3 Å². The van der Waals surface area contributed by atoms with Gasteiger partial charge in [0.15, 0.2) is 5.78 Å². The fourth-order valence-corrected chi connectivity index (χ4v) is 3.60. The average molecular weight is 464 g/mol. The normalized spacial score (nSPS) is 11.2. The van der Waals surface area contributed by atoms with Crippen molar-refractivity contribution < 1.29 is 29.3 Å². The van der Waals surface area contributed by atoms with Crippen molar-refractivity contribution in [3.05, 3.63) is 70.9 Å². The van der Waals surface area contributed by atoms with Crippen molar-refractivity contribution in [1.29, 1.82) is 0 Å². The van der Waals surface area contributed by atoms with E-state index >= 15 is 0 Å². The molecule has 34 heavy (non-hydrogen) atoms. The van der Waals surface area contributed by atoms with E-state index in [1.54, 1.807) is 43.5 Å². The Labute approximate surface area is 199 Å². The second-order valence-electron chi connectivity index (χ2n) is 9.28. The lowest BCUT2D eigenvalue weighted by Crippen LogP contribution is -2.13. The number of carboxylic acids is 1. The fourth-order valence-electron chi connectivity index (χ4n) is 3.60. The average Bonchev–Trinajstić information content (AvgIpc) is 2.78. The van der Waals surface area contributed by atoms with Crippen LogP contribution in [-0.2, 0) is 6.61 Å². The number of aromatic nitrogens is 1. The van der Waals surface area contributed by atoms with Gasteiger partial charge in [0, 0.05) is 29.3 Å². The fraction of sp³-hybridized carbons (Fsp3) is 0.296. The van der Waals surface area contributed by atoms with Crippen LogP contribution >= 0.6 is 0 Å². The van der Waals surface area contributed by atoms with E-state index in [-0.39, 0.29) is 34.9 Å². The molecule has 0 saturated heterocycles. The molecule has 0 amide bonds. The van der Waals surface area contributed by atoms with Crippen LogP contribution in [0.1, 0.15) is 59.0 Å². The minimum atomic E-state index is -1.08. The maximum atomic E-state index is 12.5. The smallest absolute Gasteiger partial charge is 0.339 e. The van der Waals surface area contributed by atoms with Crippen molar-refractivity contribution in [2.24, 2.45) is 5.41 Å². The minimum absolute atomic E-state index is 0.0638. The summed E-state index contributed by atoms with van der Waals surface area (Å²) in [5, 5.41) is 19.9. The Morgan fingerprint density at radius 3 is 2.35 bits per heavy atom. The number of phenols is 1. The number of nitrogens with zero attached hydrogens (tertiary/aromatic N) is 1. The molecule has 0 spiro atoms. The summed E-state index contributed by atoms with van der Waals surface area (Å²) in [4.78, 5) is 28.4. The number of hydrogen-bond acceptors (Lipinski definition) is 6. The molecule has 0 aliphatic carbocycles. The van der Waals surface area contributed by atoms with Gasteiger partial charge in [-0.3, -0.25) is 9.78 Å². The lowest BCUT2D eigenvalue weighted by molar-refractivity contribution is 0.0693. The highest BCUT2D eigenvalue weighted by molar-refractivity contribution is 5.99. The molecule has 2 aromatic carbocycles. The second-order valence-corrected chi connectivity index (χ2v) is 9.28. The Hall–Kier alpha value is -3.87. The van der Waals surface area contributed by atoms with Gasteiger partial charge >= 0.3 is 5.97 Å². The number of benzene rings is 2. The molecule has 0 aliphatic heterocycles. The Bertz CT molecular complexity index is 1210. The van der Waals surface area contributed by atoms with Crippen molar-refractivity contribution in [3.8, 4) is 28.5 Å². The number of ketones is 1. The summed E-state index contributed by atoms with van der Waals surface area (Å²) in [6.45, 7) is 7.84. The van der Waals surface area contributed by atoms with Crippen LogP contribution in [-0.4, -0.2) is 34.1 Å². The van der Waals surface area contributed by atoms with Gasteiger partial charge in [0.25, 0.3) is 0 Å². The maximum Gasteiger partial charge on any atom is 0.339 e. The largest absolute Gasteiger partial charge is 0.507 e. The maximum absolute atomic E-state index is 12.5. The topological polar surface area (TPSA) is 106 Å². The van der Waals surface area contributed by atoms with Crippen molar-refractivity contribution in [2.75, 3.05) is 7.11 Å². The van der Waals surface area contributed by atoms with E-state index in [1.165, 1.54) is 13.2 Å². The van der Waals surface area contributed by atoms with Gasteiger partial charge in [0.2, 0.25) is 0 Å². The van der Waals surface area contributed by atoms with Gasteiger partial charge in [-0.1, -0.05) is 32.9 Å². The summed E-state index contributed by atoms with van der Waals surface area (Å²) < 4.78 is 11.2. The zero-order valence-electron chi connectivity index (χ0n) is 20.0. The number of carbonyl (C=O) groups is 2. The number of Topliss-reactive ketones (excluding diaryl/α,β-unsaturated/α-hetero) is 1. The molecule has 0 atom stereocenters. The summed E-state index contributed by atoms with van der Waals surface area (Å²) in [5.41, 5.74) is 2.61. The molecular formula is C27H29NO6. The molecule has 3 rings (SSSR count). The summed E-state index contributed by atoms with van der Waals surface area (Å²) >= 11 is 0. The van der Waals surface area contributed by atoms with Gasteiger partial charge in [-0.25, -0.2) is 4.79 Å². The number of methoxy groups -OCH3 is 1. The van der Waals surface area contributed by atoms with Crippen LogP contribution in [0.4, 0.5) is 0 Å². The molecule has 178 valence electrons. The number of carbonyl (C=O) groups excluding carboxylic acids is 1. The molecule has 2 N–H and O–H groups in total. The lowest BCUT2D eigenvalue weighted by Gasteiger charge is -2.18. The van der Waals surface area contributed by atoms with E-state index in [1.807, 2.05) is 26.8 Å². The number of aromatic hydroxyl groups is 1. The SMILES string of the molecule is COc1c(C(=O)O)cccc1-c1ccc(COc2ccc(C(=O)CC(C)(C)C)c(O)c2C)cn1. The summed E-state index contributed by atoms with van der Waals surface area (Å²) in [6, 6.07) is 11.7. The van der Waals surface area contributed by atoms with Crippen molar-refractivity contribution in [2.45, 2.75) is 40.7 Å². The zero-order valence-corrected chi connectivity index (χ0v) is 20.0. The molecule has 0 bridgehead atoms. The third-order valence-electron chi connectivity index (χ3n) is 5.32. The number of hydrogen-bond donors (Lipinski definition) is 2. The predicted molar refractivity (Wildman–Crippen MR) is 129 cm³/mol. The first kappa shape index (κ1) is 24.8. The van der Waals surface area contributed by atoms with E-state index in [0.29, 0.717) is 34.6 Å². The summed E-state index contributed by atoms with van der Waals surface area (Å²) in [6.07, 6.45) is 1.97. The van der Waals surface area contributed by atoms with E-state index < -0.39 is 5.97 Å². The van der Waals surface area contributed by atoms with Gasteiger partial charge in [-0.2, -0.15) is 0 Å². The lowest BCUT2D eigenvalue weighted by atomic mass is 9.87. The van der Waals surface area contributed by atoms with Gasteiger partial charge in [0.1, 0.15) is 29.4 Å². The first-order valence-corrected chi connectivity index (χ1v) is 10.9. The minimum Gasteiger partial charge on any atom is -0.507 e. The number of pyridine rings is 1. The van der Waals surface area contributed by atoms with Crippen LogP contribution in [0.25, 0.3) is 11.3 Å². The van der Waals surface area contributed by atoms with Gasteiger partial charge in [0.05, 0.1) is 18.4 Å². The van der Waals surface area contributed by atoms with Crippen molar-refractivity contribution in [1.82, 2.24) is 4.98 Å². The van der Waals surface area contributed by atoms with Crippen LogP contribution < -0.4 is 9.47 Å². The molecule has 7 nitrogen and oxygen atoms in total. The Kier molecular flexibility index (Phi) is 7.25. The number of rotatable bonds is 8. The van der Waals surface area contributed by atoms with Gasteiger partial charge < -0.3 is 19.7 Å². The monoisotopic (exact) mass is 463 g/mol. The summed E-state index contributed by atoms with van der Waals surface area (Å²) in [5.74, 6) is -0.524. The number of aromatic carboxylic acids is 1. The number of carboxylic acid groups (broad SMARTS) is 1. The molecule has 0 unspecified atom stereocenters. The Morgan fingerprint density at radius 1 is 1.03 bits per heavy atom. The molecule has 1 heterocycles. The third-order valence-corrected chi connectivity index (χ3v) is 5.32. The molecule has 0 saturated carbocycles. The third kappa shape index (κ3) is 5.54. The molecule has 0 fully saturated rings. The first-order valence-electron chi connectivity index (χ1n) is 10.9. The highest BCUT2D eigenvalue weighted by Gasteiger charge is 2.22. The quantitative estimate of drug-likeness (QED) is 0.415. The van der Waals surface area contributed by atoms with Crippen LogP contribution in [0.15, 0.2) is 48.7 Å². The molecule has 0 aliphatic rings. The number of ether oxygens (including phenoxy) is 2. The predicted octanol–water partition coefficient (Wildman–Crippen LogP) is 5.67. The van der Waals surface area contributed by atoms with Crippen LogP contribution in [0.3, 0.4) is 0 Å². The van der Waals surface area contributed by atoms with Gasteiger partial charge in [-0.05, 0) is 42.7 Å². The molecule has 1 aromatic heterocycles. The Morgan fingerprint density at radius 2 is 1.76 bits per heavy atom. The van der Waals surface area contributed by atoms with Gasteiger partial charge in [-0.15, -0.1) is 0 Å². The van der Waals surface area contributed by atoms with E-state index in [0.717, 1.165) is 5.56 Å². The molecule has 3 aromatic rings. The van der Waals surface area contributed by atoms with Crippen LogP contribution in [0.5, 0.6) is 17.2 Å². The van der Waals surface area contributed by atoms with E-state index in [2.05, 4.69) is 4.98 Å². The molecule has 0 radical (unpaired) electrons. The highest BCUT2D eigenvalue weighted by Crippen LogP contribution is 2.34. The standard InChI is InChI=1S/C27H29NO6/c1-16-23(12-10-19(24(16)30)22(29)13-27(2,3)4)34-15-17-9-11-21(28-14-17)18-7-6-8-20(26(31)32)25(18)33-5/h6-12,14,30H,13,15H2,1-5H3,(H,31,32). The van der Waals surface area contributed by atoms with E-state index in [4.69, 9.17) is 9.47 Å². The first-order chi connectivity index (χ1) is 16.0. The number of phenolic OH excluding ortho intramolecular Hbond substituents is 1. The Balaban J connectivity index is 1.76. The number of para-hydroxylation sites is 1. The van der Waals surface area contributed by atoms with Crippen molar-refractivity contribution in [3.63, 3.8) is 0 Å².